The first kappa shape index (κ1) is 12.7. The van der Waals surface area contributed by atoms with Crippen LogP contribution in [0.3, 0.4) is 0 Å². The smallest absolute Gasteiger partial charge is 0.0731 e. The third-order valence-electron chi connectivity index (χ3n) is 5.15. The van der Waals surface area contributed by atoms with Gasteiger partial charge in [-0.2, -0.15) is 0 Å². The van der Waals surface area contributed by atoms with Crippen LogP contribution in [-0.4, -0.2) is 36.7 Å². The van der Waals surface area contributed by atoms with E-state index in [0.717, 1.165) is 26.2 Å². The molecule has 1 N–H and O–H groups in total. The molecule has 1 aromatic rings. The summed E-state index contributed by atoms with van der Waals surface area (Å²) in [6.07, 6.45) is 6.95. The average molecular weight is 272 g/mol. The van der Waals surface area contributed by atoms with E-state index in [1.54, 1.807) is 0 Å². The molecule has 20 heavy (non-hydrogen) atoms. The number of fused-ring (bicyclic) bond motifs is 2. The van der Waals surface area contributed by atoms with E-state index < -0.39 is 0 Å². The van der Waals surface area contributed by atoms with E-state index >= 15 is 0 Å². The topological polar surface area (TPSA) is 24.5 Å². The molecule has 3 aliphatic rings. The van der Waals surface area contributed by atoms with E-state index in [1.165, 1.54) is 48.9 Å². The third kappa shape index (κ3) is 2.23. The summed E-state index contributed by atoms with van der Waals surface area (Å²) in [4.78, 5) is 2.67. The summed E-state index contributed by atoms with van der Waals surface area (Å²) in [5.74, 6) is 0. The largest absolute Gasteiger partial charge is 0.384 e. The van der Waals surface area contributed by atoms with Gasteiger partial charge in [-0.05, 0) is 30.4 Å². The first-order valence-corrected chi connectivity index (χ1v) is 8.12. The maximum absolute atomic E-state index is 5.99. The van der Waals surface area contributed by atoms with E-state index in [2.05, 4.69) is 28.4 Å². The van der Waals surface area contributed by atoms with Gasteiger partial charge in [0, 0.05) is 31.4 Å². The molecule has 3 nitrogen and oxygen atoms in total. The zero-order valence-electron chi connectivity index (χ0n) is 12.1. The Bertz CT molecular complexity index is 486. The predicted octanol–water partition coefficient (Wildman–Crippen LogP) is 2.80. The van der Waals surface area contributed by atoms with Crippen LogP contribution in [0.1, 0.15) is 36.8 Å². The van der Waals surface area contributed by atoms with Gasteiger partial charge in [0.25, 0.3) is 0 Å². The highest BCUT2D eigenvalue weighted by Gasteiger charge is 2.34. The minimum absolute atomic E-state index is 0.488. The molecule has 1 aliphatic carbocycles. The maximum atomic E-state index is 5.99. The molecule has 0 bridgehead atoms. The van der Waals surface area contributed by atoms with Gasteiger partial charge in [-0.25, -0.2) is 0 Å². The molecule has 0 spiro atoms. The first-order valence-electron chi connectivity index (χ1n) is 8.12. The van der Waals surface area contributed by atoms with Crippen molar-refractivity contribution >= 4 is 5.69 Å². The van der Waals surface area contributed by atoms with E-state index in [1.807, 2.05) is 0 Å². The number of anilines is 1. The summed E-state index contributed by atoms with van der Waals surface area (Å²) < 4.78 is 5.99. The van der Waals surface area contributed by atoms with E-state index in [4.69, 9.17) is 4.74 Å². The van der Waals surface area contributed by atoms with Gasteiger partial charge in [0.2, 0.25) is 0 Å². The summed E-state index contributed by atoms with van der Waals surface area (Å²) >= 11 is 0. The molecule has 1 saturated carbocycles. The van der Waals surface area contributed by atoms with Gasteiger partial charge in [-0.3, -0.25) is 4.90 Å². The molecule has 1 aromatic carbocycles. The quantitative estimate of drug-likeness (QED) is 0.896. The molecule has 0 radical (unpaired) electrons. The molecule has 1 saturated heterocycles. The van der Waals surface area contributed by atoms with Gasteiger partial charge < -0.3 is 10.1 Å². The van der Waals surface area contributed by atoms with Crippen LogP contribution in [0.15, 0.2) is 18.2 Å². The Hall–Kier alpha value is -1.06. The van der Waals surface area contributed by atoms with Crippen molar-refractivity contribution in [2.45, 2.75) is 50.8 Å². The standard InChI is InChI=1S/C17H24N2O/c1-2-7-16-15(6-1)19(10-11-20-16)12-14-5-3-4-13-8-9-18-17(13)14/h3-5,15-16,18H,1-2,6-12H2. The Balaban J connectivity index is 1.54. The lowest BCUT2D eigenvalue weighted by molar-refractivity contribution is -0.0910. The van der Waals surface area contributed by atoms with Gasteiger partial charge in [0.1, 0.15) is 0 Å². The van der Waals surface area contributed by atoms with Crippen LogP contribution >= 0.6 is 0 Å². The van der Waals surface area contributed by atoms with Crippen molar-refractivity contribution < 1.29 is 4.74 Å². The van der Waals surface area contributed by atoms with Gasteiger partial charge in [-0.15, -0.1) is 0 Å². The SMILES string of the molecule is c1cc2c(c(CN3CCOC4CCCCC43)c1)NCC2. The Morgan fingerprint density at radius 2 is 2.20 bits per heavy atom. The number of morpholine rings is 1. The summed E-state index contributed by atoms with van der Waals surface area (Å²) in [6, 6.07) is 7.43. The second-order valence-corrected chi connectivity index (χ2v) is 6.36. The lowest BCUT2D eigenvalue weighted by Crippen LogP contribution is -2.52. The highest BCUT2D eigenvalue weighted by atomic mass is 16.5. The summed E-state index contributed by atoms with van der Waals surface area (Å²) in [5, 5.41) is 3.57. The zero-order chi connectivity index (χ0) is 13.4. The summed E-state index contributed by atoms with van der Waals surface area (Å²) in [6.45, 7) is 4.18. The van der Waals surface area contributed by atoms with Crippen LogP contribution in [0.25, 0.3) is 0 Å². The molecule has 4 rings (SSSR count). The summed E-state index contributed by atoms with van der Waals surface area (Å²) in [7, 11) is 0. The number of para-hydroxylation sites is 1. The van der Waals surface area contributed by atoms with Crippen molar-refractivity contribution in [3.63, 3.8) is 0 Å². The normalized spacial score (nSPS) is 29.6. The molecule has 3 heteroatoms. The monoisotopic (exact) mass is 272 g/mol. The molecular weight excluding hydrogens is 248 g/mol. The highest BCUT2D eigenvalue weighted by Crippen LogP contribution is 2.32. The van der Waals surface area contributed by atoms with Gasteiger partial charge in [0.05, 0.1) is 12.7 Å². The molecule has 108 valence electrons. The minimum Gasteiger partial charge on any atom is -0.384 e. The number of nitrogens with one attached hydrogen (secondary N) is 1. The fourth-order valence-corrected chi connectivity index (χ4v) is 4.13. The number of hydrogen-bond donors (Lipinski definition) is 1. The third-order valence-corrected chi connectivity index (χ3v) is 5.15. The average Bonchev–Trinajstić information content (AvgIpc) is 2.97. The van der Waals surface area contributed by atoms with Crippen LogP contribution in [0.5, 0.6) is 0 Å². The van der Waals surface area contributed by atoms with E-state index in [9.17, 15) is 0 Å². The minimum atomic E-state index is 0.488. The second-order valence-electron chi connectivity index (χ2n) is 6.36. The fraction of sp³-hybridized carbons (Fsp3) is 0.647. The maximum Gasteiger partial charge on any atom is 0.0731 e. The fourth-order valence-electron chi connectivity index (χ4n) is 4.13. The van der Waals surface area contributed by atoms with Crippen molar-refractivity contribution in [2.24, 2.45) is 0 Å². The molecule has 0 amide bonds. The number of rotatable bonds is 2. The second kappa shape index (κ2) is 5.38. The van der Waals surface area contributed by atoms with E-state index in [0.29, 0.717) is 12.1 Å². The van der Waals surface area contributed by atoms with Crippen molar-refractivity contribution in [2.75, 3.05) is 25.0 Å². The van der Waals surface area contributed by atoms with Crippen molar-refractivity contribution in [1.29, 1.82) is 0 Å². The van der Waals surface area contributed by atoms with Crippen molar-refractivity contribution in [1.82, 2.24) is 4.90 Å². The molecule has 2 fully saturated rings. The molecule has 2 heterocycles. The lowest BCUT2D eigenvalue weighted by atomic mass is 9.89. The van der Waals surface area contributed by atoms with Crippen molar-refractivity contribution in [3.8, 4) is 0 Å². The summed E-state index contributed by atoms with van der Waals surface area (Å²) in [5.41, 5.74) is 4.38. The predicted molar refractivity (Wildman–Crippen MR) is 81.0 cm³/mol. The number of benzene rings is 1. The highest BCUT2D eigenvalue weighted by molar-refractivity contribution is 5.61. The number of hydrogen-bond acceptors (Lipinski definition) is 3. The Labute approximate surface area is 121 Å². The molecule has 0 aromatic heterocycles. The number of ether oxygens (including phenoxy) is 1. The Morgan fingerprint density at radius 3 is 3.20 bits per heavy atom. The Kier molecular flexibility index (Phi) is 3.41. The van der Waals surface area contributed by atoms with Crippen LogP contribution in [0.2, 0.25) is 0 Å². The first-order chi connectivity index (χ1) is 9.92. The Morgan fingerprint density at radius 1 is 1.25 bits per heavy atom. The van der Waals surface area contributed by atoms with Crippen LogP contribution in [-0.2, 0) is 17.7 Å². The number of nitrogens with zero attached hydrogens (tertiary/aromatic N) is 1. The van der Waals surface area contributed by atoms with Crippen LogP contribution < -0.4 is 5.32 Å². The molecular formula is C17H24N2O. The van der Waals surface area contributed by atoms with Crippen LogP contribution in [0.4, 0.5) is 5.69 Å². The van der Waals surface area contributed by atoms with Gasteiger partial charge >= 0.3 is 0 Å². The van der Waals surface area contributed by atoms with Crippen molar-refractivity contribution in [3.05, 3.63) is 29.3 Å². The lowest BCUT2D eigenvalue weighted by Gasteiger charge is -2.44. The molecule has 2 atom stereocenters. The van der Waals surface area contributed by atoms with Crippen LogP contribution in [0, 0.1) is 0 Å². The van der Waals surface area contributed by atoms with E-state index in [-0.39, 0.29) is 0 Å². The van der Waals surface area contributed by atoms with Gasteiger partial charge in [-0.1, -0.05) is 31.0 Å². The molecule has 2 unspecified atom stereocenters. The zero-order valence-corrected chi connectivity index (χ0v) is 12.1. The molecule has 2 aliphatic heterocycles. The van der Waals surface area contributed by atoms with Gasteiger partial charge in [0.15, 0.2) is 0 Å².